The number of methoxy groups -OCH3 is 1. The molecular weight excluding hydrogens is 317 g/mol. The second kappa shape index (κ2) is 5.79. The Labute approximate surface area is 110 Å². The summed E-state index contributed by atoms with van der Waals surface area (Å²) < 4.78 is 7.37. The lowest BCUT2D eigenvalue weighted by Gasteiger charge is -2.30. The first-order valence-corrected chi connectivity index (χ1v) is 6.36. The van der Waals surface area contributed by atoms with Gasteiger partial charge in [-0.15, -0.1) is 0 Å². The molecule has 0 aliphatic carbocycles. The average molecular weight is 333 g/mol. The van der Waals surface area contributed by atoms with Crippen LogP contribution in [0.5, 0.6) is 5.88 Å². The molecule has 5 heteroatoms. The maximum Gasteiger partial charge on any atom is 0.212 e. The highest BCUT2D eigenvalue weighted by molar-refractivity contribution is 14.1. The highest BCUT2D eigenvalue weighted by Gasteiger charge is 2.14. The van der Waals surface area contributed by atoms with E-state index in [0.29, 0.717) is 5.88 Å². The molecule has 0 radical (unpaired) electrons. The Balaban J connectivity index is 1.88. The molecule has 0 spiro atoms. The first-order chi connectivity index (χ1) is 7.78. The number of hydrogen-bond donors (Lipinski definition) is 0. The molecule has 0 amide bonds. The molecule has 4 nitrogen and oxygen atoms in total. The zero-order valence-electron chi connectivity index (χ0n) is 9.40. The number of pyridine rings is 1. The summed E-state index contributed by atoms with van der Waals surface area (Å²) in [5.41, 5.74) is 1.25. The second-order valence-electron chi connectivity index (χ2n) is 3.89. The first kappa shape index (κ1) is 12.1. The van der Waals surface area contributed by atoms with Gasteiger partial charge in [0.1, 0.15) is 0 Å². The Morgan fingerprint density at radius 2 is 2.06 bits per heavy atom. The lowest BCUT2D eigenvalue weighted by molar-refractivity contribution is 0.198. The summed E-state index contributed by atoms with van der Waals surface area (Å²) in [4.78, 5) is 6.67. The van der Waals surface area contributed by atoms with Crippen LogP contribution in [0.3, 0.4) is 0 Å². The van der Waals surface area contributed by atoms with Crippen molar-refractivity contribution in [3.63, 3.8) is 0 Å². The molecule has 1 fully saturated rings. The van der Waals surface area contributed by atoms with Gasteiger partial charge in [0.25, 0.3) is 0 Å². The van der Waals surface area contributed by atoms with E-state index in [1.165, 1.54) is 5.56 Å². The van der Waals surface area contributed by atoms with Gasteiger partial charge >= 0.3 is 0 Å². The predicted octanol–water partition coefficient (Wildman–Crippen LogP) is 1.56. The van der Waals surface area contributed by atoms with Crippen molar-refractivity contribution in [2.75, 3.05) is 33.3 Å². The van der Waals surface area contributed by atoms with Gasteiger partial charge in [-0.25, -0.2) is 8.10 Å². The molecule has 0 atom stereocenters. The standard InChI is InChI=1S/C11H16IN3O/c1-16-11-3-2-10(8-13-11)9-14-4-6-15(12)7-5-14/h2-3,8H,4-7,9H2,1H3. The molecule has 1 aliphatic rings. The molecule has 1 aromatic heterocycles. The third-order valence-corrected chi connectivity index (χ3v) is 3.70. The third-order valence-electron chi connectivity index (χ3n) is 2.73. The van der Waals surface area contributed by atoms with E-state index in [0.717, 1.165) is 32.7 Å². The predicted molar refractivity (Wildman–Crippen MR) is 71.7 cm³/mol. The maximum atomic E-state index is 5.04. The quantitative estimate of drug-likeness (QED) is 0.620. The van der Waals surface area contributed by atoms with E-state index in [9.17, 15) is 0 Å². The molecule has 0 N–H and O–H groups in total. The van der Waals surface area contributed by atoms with E-state index in [1.807, 2.05) is 12.3 Å². The zero-order chi connectivity index (χ0) is 11.4. The summed E-state index contributed by atoms with van der Waals surface area (Å²) in [5.74, 6) is 0.681. The molecule has 0 aromatic carbocycles. The van der Waals surface area contributed by atoms with Crippen LogP contribution in [0, 0.1) is 0 Å². The number of hydrogen-bond acceptors (Lipinski definition) is 4. The second-order valence-corrected chi connectivity index (χ2v) is 5.26. The van der Waals surface area contributed by atoms with Crippen LogP contribution in [0.2, 0.25) is 0 Å². The fourth-order valence-electron chi connectivity index (χ4n) is 1.76. The third kappa shape index (κ3) is 3.29. The summed E-state index contributed by atoms with van der Waals surface area (Å²) in [6.45, 7) is 5.54. The van der Waals surface area contributed by atoms with Gasteiger partial charge in [0.05, 0.1) is 7.11 Å². The number of halogens is 1. The molecule has 2 rings (SSSR count). The van der Waals surface area contributed by atoms with Crippen LogP contribution in [0.15, 0.2) is 18.3 Å². The van der Waals surface area contributed by atoms with Crippen LogP contribution < -0.4 is 4.74 Å². The van der Waals surface area contributed by atoms with Crippen LogP contribution in [0.1, 0.15) is 5.56 Å². The van der Waals surface area contributed by atoms with E-state index >= 15 is 0 Å². The van der Waals surface area contributed by atoms with E-state index in [2.05, 4.69) is 41.9 Å². The average Bonchev–Trinajstić information content (AvgIpc) is 2.33. The van der Waals surface area contributed by atoms with Crippen LogP contribution >= 0.6 is 22.9 Å². The van der Waals surface area contributed by atoms with Gasteiger partial charge in [-0.3, -0.25) is 4.90 Å². The topological polar surface area (TPSA) is 28.6 Å². The number of rotatable bonds is 3. The Bertz CT molecular complexity index is 323. The summed E-state index contributed by atoms with van der Waals surface area (Å²) >= 11 is 2.38. The van der Waals surface area contributed by atoms with E-state index in [1.54, 1.807) is 7.11 Å². The summed E-state index contributed by atoms with van der Waals surface area (Å²) in [5, 5.41) is 0. The van der Waals surface area contributed by atoms with Crippen LogP contribution in [0.4, 0.5) is 0 Å². The van der Waals surface area contributed by atoms with Crippen molar-refractivity contribution in [2.24, 2.45) is 0 Å². The minimum absolute atomic E-state index is 0.681. The number of piperazine rings is 1. The fourth-order valence-corrected chi connectivity index (χ4v) is 2.20. The van der Waals surface area contributed by atoms with Gasteiger partial charge in [-0.2, -0.15) is 0 Å². The first-order valence-electron chi connectivity index (χ1n) is 5.40. The molecule has 0 saturated carbocycles. The Hall–Kier alpha value is -0.400. The van der Waals surface area contributed by atoms with Crippen molar-refractivity contribution in [1.82, 2.24) is 13.0 Å². The number of ether oxygens (including phenoxy) is 1. The van der Waals surface area contributed by atoms with Crippen molar-refractivity contribution in [3.05, 3.63) is 23.9 Å². The Morgan fingerprint density at radius 3 is 2.62 bits per heavy atom. The van der Waals surface area contributed by atoms with Crippen LogP contribution in [-0.4, -0.2) is 46.3 Å². The lowest BCUT2D eigenvalue weighted by Crippen LogP contribution is -2.41. The van der Waals surface area contributed by atoms with Crippen molar-refractivity contribution < 1.29 is 4.74 Å². The van der Waals surface area contributed by atoms with E-state index < -0.39 is 0 Å². The molecule has 1 saturated heterocycles. The Kier molecular flexibility index (Phi) is 4.37. The highest BCUT2D eigenvalue weighted by Crippen LogP contribution is 2.12. The summed E-state index contributed by atoms with van der Waals surface area (Å²) in [6.07, 6.45) is 1.90. The largest absolute Gasteiger partial charge is 0.481 e. The monoisotopic (exact) mass is 333 g/mol. The van der Waals surface area contributed by atoms with Gasteiger partial charge in [0.15, 0.2) is 0 Å². The van der Waals surface area contributed by atoms with Gasteiger partial charge in [0, 0.05) is 67.9 Å². The SMILES string of the molecule is COc1ccc(CN2CCN(I)CC2)cn1. The molecule has 0 bridgehead atoms. The fraction of sp³-hybridized carbons (Fsp3) is 0.545. The molecule has 1 aliphatic heterocycles. The molecule has 1 aromatic rings. The smallest absolute Gasteiger partial charge is 0.212 e. The summed E-state index contributed by atoms with van der Waals surface area (Å²) in [7, 11) is 1.64. The number of nitrogens with zero attached hydrogens (tertiary/aromatic N) is 3. The molecule has 88 valence electrons. The van der Waals surface area contributed by atoms with E-state index in [-0.39, 0.29) is 0 Å². The molecule has 2 heterocycles. The summed E-state index contributed by atoms with van der Waals surface area (Å²) in [6, 6.07) is 4.01. The lowest BCUT2D eigenvalue weighted by atomic mass is 10.2. The normalized spacial score (nSPS) is 18.6. The number of aromatic nitrogens is 1. The van der Waals surface area contributed by atoms with Gasteiger partial charge in [0.2, 0.25) is 5.88 Å². The highest BCUT2D eigenvalue weighted by atomic mass is 127. The molecule has 0 unspecified atom stereocenters. The zero-order valence-corrected chi connectivity index (χ0v) is 11.6. The van der Waals surface area contributed by atoms with Crippen molar-refractivity contribution in [2.45, 2.75) is 6.54 Å². The maximum absolute atomic E-state index is 5.04. The Morgan fingerprint density at radius 1 is 1.31 bits per heavy atom. The van der Waals surface area contributed by atoms with E-state index in [4.69, 9.17) is 4.74 Å². The van der Waals surface area contributed by atoms with Gasteiger partial charge < -0.3 is 4.74 Å². The minimum atomic E-state index is 0.681. The minimum Gasteiger partial charge on any atom is -0.481 e. The van der Waals surface area contributed by atoms with Gasteiger partial charge in [-0.1, -0.05) is 6.07 Å². The van der Waals surface area contributed by atoms with Crippen molar-refractivity contribution in [1.29, 1.82) is 0 Å². The molecule has 16 heavy (non-hydrogen) atoms. The van der Waals surface area contributed by atoms with Crippen molar-refractivity contribution in [3.8, 4) is 5.88 Å². The molecular formula is C11H16IN3O. The van der Waals surface area contributed by atoms with Gasteiger partial charge in [-0.05, 0) is 5.56 Å². The van der Waals surface area contributed by atoms with Crippen LogP contribution in [-0.2, 0) is 6.54 Å². The van der Waals surface area contributed by atoms with Crippen molar-refractivity contribution >= 4 is 22.9 Å². The van der Waals surface area contributed by atoms with Crippen LogP contribution in [0.25, 0.3) is 0 Å².